The van der Waals surface area contributed by atoms with Crippen LogP contribution in [-0.2, 0) is 5.41 Å². The van der Waals surface area contributed by atoms with Crippen LogP contribution in [0.2, 0.25) is 0 Å². The molecule has 0 radical (unpaired) electrons. The van der Waals surface area contributed by atoms with Gasteiger partial charge >= 0.3 is 0 Å². The average Bonchev–Trinajstić information content (AvgIpc) is 3.66. The van der Waals surface area contributed by atoms with Crippen LogP contribution in [0.1, 0.15) is 25.0 Å². The monoisotopic (exact) mass is 613 g/mol. The molecule has 2 heterocycles. The first-order valence-corrected chi connectivity index (χ1v) is 16.6. The topological polar surface area (TPSA) is 30.2 Å². The van der Waals surface area contributed by atoms with Crippen LogP contribution in [0.4, 0.5) is 0 Å². The maximum Gasteiger partial charge on any atom is 0.234 e. The van der Waals surface area contributed by atoms with E-state index in [9.17, 15) is 0 Å². The van der Waals surface area contributed by atoms with Gasteiger partial charge < -0.3 is 0 Å². The molecule has 3 nitrogen and oxygen atoms in total. The zero-order valence-electron chi connectivity index (χ0n) is 26.8. The smallest absolute Gasteiger partial charge is 0.234 e. The van der Waals surface area contributed by atoms with E-state index in [0.29, 0.717) is 5.78 Å². The van der Waals surface area contributed by atoms with Gasteiger partial charge in [-0.2, -0.15) is 0 Å². The van der Waals surface area contributed by atoms with E-state index >= 15 is 0 Å². The first kappa shape index (κ1) is 27.1. The summed E-state index contributed by atoms with van der Waals surface area (Å²) in [5.74, 6) is 0.704. The van der Waals surface area contributed by atoms with E-state index in [1.807, 2.05) is 22.9 Å². The van der Waals surface area contributed by atoms with E-state index in [1.165, 1.54) is 76.8 Å². The van der Waals surface area contributed by atoms with E-state index < -0.39 is 0 Å². The highest BCUT2D eigenvalue weighted by atomic mass is 15.1. The molecule has 0 bridgehead atoms. The molecule has 0 N–H and O–H groups in total. The predicted octanol–water partition coefficient (Wildman–Crippen LogP) is 11.5. The number of aromatic nitrogens is 3. The number of benzene rings is 7. The second-order valence-corrected chi connectivity index (χ2v) is 13.5. The van der Waals surface area contributed by atoms with Crippen LogP contribution in [0.3, 0.4) is 0 Å². The third-order valence-electron chi connectivity index (χ3n) is 10.5. The summed E-state index contributed by atoms with van der Waals surface area (Å²) in [6.07, 6.45) is 5.81. The first-order chi connectivity index (χ1) is 23.5. The van der Waals surface area contributed by atoms with Gasteiger partial charge in [-0.1, -0.05) is 123 Å². The summed E-state index contributed by atoms with van der Waals surface area (Å²) >= 11 is 0. The number of rotatable bonds is 3. The summed E-state index contributed by atoms with van der Waals surface area (Å²) in [7, 11) is 0. The molecule has 0 saturated carbocycles. The van der Waals surface area contributed by atoms with Gasteiger partial charge in [-0.05, 0) is 101 Å². The van der Waals surface area contributed by atoms with Crippen LogP contribution < -0.4 is 0 Å². The molecule has 0 aliphatic heterocycles. The number of nitrogens with zero attached hydrogens (tertiary/aromatic N) is 3. The van der Waals surface area contributed by atoms with E-state index in [2.05, 4.69) is 146 Å². The molecule has 2 aromatic heterocycles. The summed E-state index contributed by atoms with van der Waals surface area (Å²) in [6, 6.07) is 49.3. The number of hydrogen-bond donors (Lipinski definition) is 0. The zero-order chi connectivity index (χ0) is 32.0. The van der Waals surface area contributed by atoms with Crippen molar-refractivity contribution in [3.05, 3.63) is 163 Å². The minimum absolute atomic E-state index is 0.104. The summed E-state index contributed by atoms with van der Waals surface area (Å²) in [5, 5.41) is 7.58. The predicted molar refractivity (Wildman–Crippen MR) is 199 cm³/mol. The lowest BCUT2D eigenvalue weighted by atomic mass is 9.79. The second kappa shape index (κ2) is 9.97. The Balaban J connectivity index is 1.28. The Morgan fingerprint density at radius 1 is 0.521 bits per heavy atom. The molecule has 1 aliphatic carbocycles. The molecule has 0 atom stereocenters. The molecule has 10 rings (SSSR count). The largest absolute Gasteiger partial charge is 0.291 e. The molecule has 0 spiro atoms. The van der Waals surface area contributed by atoms with Gasteiger partial charge in [0.05, 0.1) is 5.69 Å². The molecule has 7 aromatic carbocycles. The Morgan fingerprint density at radius 2 is 1.19 bits per heavy atom. The van der Waals surface area contributed by atoms with Crippen molar-refractivity contribution in [2.24, 2.45) is 0 Å². The van der Waals surface area contributed by atoms with Gasteiger partial charge in [0, 0.05) is 29.6 Å². The van der Waals surface area contributed by atoms with E-state index in [0.717, 1.165) is 11.3 Å². The van der Waals surface area contributed by atoms with Crippen molar-refractivity contribution in [2.45, 2.75) is 19.3 Å². The lowest BCUT2D eigenvalue weighted by Gasteiger charge is -2.24. The van der Waals surface area contributed by atoms with Gasteiger partial charge in [0.2, 0.25) is 5.78 Å². The van der Waals surface area contributed by atoms with Crippen molar-refractivity contribution in [1.82, 2.24) is 14.4 Å². The van der Waals surface area contributed by atoms with Crippen molar-refractivity contribution in [1.29, 1.82) is 0 Å². The first-order valence-electron chi connectivity index (χ1n) is 16.6. The standard InChI is InChI=1S/C45H31N3/c1-45(2)39-15-8-7-12-33(39)36-25-37-38(26-40(36)45)42(30-19-17-29(18-20-30)41-27-48-23-9-22-46-44(48)47-41)34-13-5-6-14-35(34)43(37)32-21-16-28-10-3-4-11-31(28)24-32/h3-27H,1-2H3. The van der Waals surface area contributed by atoms with Crippen molar-refractivity contribution in [3.63, 3.8) is 0 Å². The van der Waals surface area contributed by atoms with E-state index in [4.69, 9.17) is 4.98 Å². The van der Waals surface area contributed by atoms with E-state index in [1.54, 1.807) is 6.20 Å². The quantitative estimate of drug-likeness (QED) is 0.186. The molecule has 226 valence electrons. The van der Waals surface area contributed by atoms with Crippen LogP contribution >= 0.6 is 0 Å². The number of imidazole rings is 1. The SMILES string of the molecule is CC1(C)c2ccccc2-c2cc3c(-c4ccc5ccccc5c4)c4ccccc4c(-c4ccc(-c5cn6cccnc6n5)cc4)c3cc21. The van der Waals surface area contributed by atoms with Crippen LogP contribution in [0.25, 0.3) is 82.7 Å². The van der Waals surface area contributed by atoms with Gasteiger partial charge in [0.15, 0.2) is 0 Å². The van der Waals surface area contributed by atoms with Gasteiger partial charge in [-0.15, -0.1) is 0 Å². The minimum atomic E-state index is -0.104. The highest BCUT2D eigenvalue weighted by Gasteiger charge is 2.36. The fourth-order valence-corrected chi connectivity index (χ4v) is 8.11. The highest BCUT2D eigenvalue weighted by molar-refractivity contribution is 6.22. The second-order valence-electron chi connectivity index (χ2n) is 13.5. The maximum atomic E-state index is 4.78. The molecule has 0 amide bonds. The summed E-state index contributed by atoms with van der Waals surface area (Å²) in [5.41, 5.74) is 12.3. The van der Waals surface area contributed by atoms with Crippen LogP contribution in [-0.4, -0.2) is 14.4 Å². The fraction of sp³-hybridized carbons (Fsp3) is 0.0667. The molecule has 3 heteroatoms. The molecule has 9 aromatic rings. The number of fused-ring (bicyclic) bond motifs is 7. The molecule has 0 fully saturated rings. The summed E-state index contributed by atoms with van der Waals surface area (Å²) in [4.78, 5) is 9.20. The lowest BCUT2D eigenvalue weighted by Crippen LogP contribution is -2.14. The fourth-order valence-electron chi connectivity index (χ4n) is 8.11. The molecular weight excluding hydrogens is 583 g/mol. The van der Waals surface area contributed by atoms with Gasteiger partial charge in [-0.3, -0.25) is 4.40 Å². The highest BCUT2D eigenvalue weighted by Crippen LogP contribution is 2.53. The molecular formula is C45H31N3. The molecule has 0 unspecified atom stereocenters. The Morgan fingerprint density at radius 3 is 2.00 bits per heavy atom. The Labute approximate surface area is 278 Å². The Hall–Kier alpha value is -6.06. The average molecular weight is 614 g/mol. The minimum Gasteiger partial charge on any atom is -0.291 e. The van der Waals surface area contributed by atoms with Crippen molar-refractivity contribution in [3.8, 4) is 44.6 Å². The van der Waals surface area contributed by atoms with E-state index in [-0.39, 0.29) is 5.41 Å². The number of hydrogen-bond acceptors (Lipinski definition) is 2. The Kier molecular flexibility index (Phi) is 5.63. The van der Waals surface area contributed by atoms with Crippen LogP contribution in [0.15, 0.2) is 152 Å². The summed E-state index contributed by atoms with van der Waals surface area (Å²) in [6.45, 7) is 4.74. The maximum absolute atomic E-state index is 4.78. The molecule has 48 heavy (non-hydrogen) atoms. The van der Waals surface area contributed by atoms with Gasteiger partial charge in [-0.25, -0.2) is 9.97 Å². The van der Waals surface area contributed by atoms with Gasteiger partial charge in [0.25, 0.3) is 0 Å². The molecule has 0 saturated heterocycles. The zero-order valence-corrected chi connectivity index (χ0v) is 26.8. The Bertz CT molecular complexity index is 2720. The van der Waals surface area contributed by atoms with Crippen molar-refractivity contribution < 1.29 is 0 Å². The third-order valence-corrected chi connectivity index (χ3v) is 10.5. The lowest BCUT2D eigenvalue weighted by molar-refractivity contribution is 0.661. The normalized spacial score (nSPS) is 13.4. The molecule has 1 aliphatic rings. The van der Waals surface area contributed by atoms with Crippen molar-refractivity contribution in [2.75, 3.05) is 0 Å². The van der Waals surface area contributed by atoms with Crippen LogP contribution in [0, 0.1) is 0 Å². The summed E-state index contributed by atoms with van der Waals surface area (Å²) < 4.78 is 1.97. The van der Waals surface area contributed by atoms with Crippen molar-refractivity contribution >= 4 is 38.1 Å². The third kappa shape index (κ3) is 3.88. The van der Waals surface area contributed by atoms with Gasteiger partial charge in [0.1, 0.15) is 0 Å². The van der Waals surface area contributed by atoms with Crippen LogP contribution in [0.5, 0.6) is 0 Å².